The molecule has 0 spiro atoms. The predicted octanol–water partition coefficient (Wildman–Crippen LogP) is 6.38. The fourth-order valence-electron chi connectivity index (χ4n) is 5.10. The highest BCUT2D eigenvalue weighted by atomic mass is 19.1. The second kappa shape index (κ2) is 9.91. The zero-order chi connectivity index (χ0) is 27.1. The zero-order valence-corrected chi connectivity index (χ0v) is 21.7. The number of nitrogens with zero attached hydrogens (tertiary/aromatic N) is 3. The van der Waals surface area contributed by atoms with E-state index in [0.29, 0.717) is 34.6 Å². The van der Waals surface area contributed by atoms with E-state index in [1.807, 2.05) is 48.7 Å². The van der Waals surface area contributed by atoms with Crippen molar-refractivity contribution < 1.29 is 13.9 Å². The van der Waals surface area contributed by atoms with Gasteiger partial charge in [-0.05, 0) is 73.7 Å². The maximum Gasteiger partial charge on any atom is 0.200 e. The summed E-state index contributed by atoms with van der Waals surface area (Å²) in [7, 11) is 0. The minimum atomic E-state index is -0.373. The smallest absolute Gasteiger partial charge is 0.200 e. The van der Waals surface area contributed by atoms with Crippen molar-refractivity contribution in [2.45, 2.75) is 39.7 Å². The third kappa shape index (κ3) is 4.72. The number of Topliss-reactive ketones (excluding diaryl/α,β-unsaturated/α-hetero) is 1. The zero-order valence-electron chi connectivity index (χ0n) is 21.7. The first-order valence-corrected chi connectivity index (χ1v) is 12.9. The van der Waals surface area contributed by atoms with Crippen LogP contribution in [-0.4, -0.2) is 20.3 Å². The Morgan fingerprint density at radius 2 is 1.82 bits per heavy atom. The highest BCUT2D eigenvalue weighted by molar-refractivity contribution is 5.99. The summed E-state index contributed by atoms with van der Waals surface area (Å²) in [5.74, 6) is 0.617. The molecule has 39 heavy (non-hydrogen) atoms. The number of benzene rings is 2. The summed E-state index contributed by atoms with van der Waals surface area (Å²) < 4.78 is 21.6. The Bertz CT molecular complexity index is 1790. The molecule has 0 atom stereocenters. The lowest BCUT2D eigenvalue weighted by molar-refractivity contribution is 0.0990. The van der Waals surface area contributed by atoms with E-state index in [9.17, 15) is 14.0 Å². The first-order chi connectivity index (χ1) is 18.9. The molecule has 1 aliphatic heterocycles. The molecule has 0 saturated heterocycles. The summed E-state index contributed by atoms with van der Waals surface area (Å²) >= 11 is 0. The van der Waals surface area contributed by atoms with Gasteiger partial charge in [0.2, 0.25) is 0 Å². The number of carbonyl (C=O) groups excluding carboxylic acids is 1. The number of rotatable bonds is 6. The van der Waals surface area contributed by atoms with E-state index in [1.165, 1.54) is 12.1 Å². The standard InChI is InChI=1S/C32H26FN3O3/c1-19-16-26-31(35-20(19)2)29(13-14-34-26)39-24-11-5-21(6-12-24)17-28(37)30-27-4-3-15-36(27)18-25(32(30)38)22-7-9-23(33)10-8-22/h5-14,16,18H,3-4,15,17H2,1-2H3. The molecular formula is C32H26FN3O3. The minimum absolute atomic E-state index is 0.0909. The van der Waals surface area contributed by atoms with Crippen LogP contribution in [0.4, 0.5) is 4.39 Å². The number of carbonyl (C=O) groups is 1. The normalized spacial score (nSPS) is 12.5. The van der Waals surface area contributed by atoms with Crippen molar-refractivity contribution in [3.8, 4) is 22.6 Å². The Labute approximate surface area is 224 Å². The van der Waals surface area contributed by atoms with Crippen LogP contribution in [0.25, 0.3) is 22.2 Å². The molecule has 0 unspecified atom stereocenters. The molecule has 1 aliphatic rings. The largest absolute Gasteiger partial charge is 0.455 e. The number of aromatic nitrogens is 3. The molecule has 0 aliphatic carbocycles. The molecule has 0 amide bonds. The summed E-state index contributed by atoms with van der Waals surface area (Å²) in [5.41, 5.74) is 5.93. The van der Waals surface area contributed by atoms with Gasteiger partial charge in [0.25, 0.3) is 0 Å². The third-order valence-corrected chi connectivity index (χ3v) is 7.27. The van der Waals surface area contributed by atoms with Gasteiger partial charge in [0.1, 0.15) is 17.1 Å². The van der Waals surface area contributed by atoms with Crippen LogP contribution in [0.15, 0.2) is 77.9 Å². The van der Waals surface area contributed by atoms with E-state index < -0.39 is 0 Å². The molecular weight excluding hydrogens is 493 g/mol. The van der Waals surface area contributed by atoms with E-state index >= 15 is 0 Å². The number of aryl methyl sites for hydroxylation is 3. The number of pyridine rings is 3. The molecule has 194 valence electrons. The minimum Gasteiger partial charge on any atom is -0.455 e. The van der Waals surface area contributed by atoms with Crippen LogP contribution in [0, 0.1) is 19.7 Å². The van der Waals surface area contributed by atoms with Gasteiger partial charge in [-0.2, -0.15) is 0 Å². The average molecular weight is 520 g/mol. The number of hydrogen-bond donors (Lipinski definition) is 0. The Morgan fingerprint density at radius 1 is 1.05 bits per heavy atom. The molecule has 7 heteroatoms. The number of halogens is 1. The van der Waals surface area contributed by atoms with Gasteiger partial charge in [-0.25, -0.2) is 9.37 Å². The van der Waals surface area contributed by atoms with E-state index in [2.05, 4.69) is 9.97 Å². The van der Waals surface area contributed by atoms with Crippen molar-refractivity contribution in [3.63, 3.8) is 0 Å². The first kappa shape index (κ1) is 24.7. The van der Waals surface area contributed by atoms with Crippen LogP contribution in [0.3, 0.4) is 0 Å². The first-order valence-electron chi connectivity index (χ1n) is 12.9. The maximum atomic E-state index is 13.5. The van der Waals surface area contributed by atoms with E-state index in [0.717, 1.165) is 41.0 Å². The number of hydrogen-bond acceptors (Lipinski definition) is 5. The summed E-state index contributed by atoms with van der Waals surface area (Å²) in [6, 6.07) is 16.9. The molecule has 6 nitrogen and oxygen atoms in total. The fourth-order valence-corrected chi connectivity index (χ4v) is 5.10. The topological polar surface area (TPSA) is 74.1 Å². The van der Waals surface area contributed by atoms with Gasteiger partial charge < -0.3 is 9.30 Å². The molecule has 2 aromatic carbocycles. The molecule has 0 bridgehead atoms. The highest BCUT2D eigenvalue weighted by Gasteiger charge is 2.25. The predicted molar refractivity (Wildman–Crippen MR) is 148 cm³/mol. The SMILES string of the molecule is Cc1cc2nccc(Oc3ccc(CC(=O)c4c5n(cc(-c6ccc(F)cc6)c4=O)CCC5)cc3)c2nc1C. The van der Waals surface area contributed by atoms with E-state index in [1.54, 1.807) is 30.6 Å². The second-order valence-corrected chi connectivity index (χ2v) is 9.91. The number of ketones is 1. The molecule has 4 heterocycles. The van der Waals surface area contributed by atoms with Crippen molar-refractivity contribution in [1.82, 2.24) is 14.5 Å². The molecule has 0 saturated carbocycles. The second-order valence-electron chi connectivity index (χ2n) is 9.91. The summed E-state index contributed by atoms with van der Waals surface area (Å²) in [5, 5.41) is 0. The summed E-state index contributed by atoms with van der Waals surface area (Å²) in [6.45, 7) is 4.69. The average Bonchev–Trinajstić information content (AvgIpc) is 3.39. The molecule has 0 radical (unpaired) electrons. The number of fused-ring (bicyclic) bond motifs is 2. The third-order valence-electron chi connectivity index (χ3n) is 7.27. The van der Waals surface area contributed by atoms with Crippen molar-refractivity contribution in [2.24, 2.45) is 0 Å². The van der Waals surface area contributed by atoms with E-state index in [-0.39, 0.29) is 29.0 Å². The van der Waals surface area contributed by atoms with Crippen LogP contribution in [-0.2, 0) is 19.4 Å². The quantitative estimate of drug-likeness (QED) is 0.244. The van der Waals surface area contributed by atoms with Gasteiger partial charge in [0.05, 0.1) is 11.1 Å². The lowest BCUT2D eigenvalue weighted by Crippen LogP contribution is -2.23. The van der Waals surface area contributed by atoms with Crippen molar-refractivity contribution in [3.05, 3.63) is 117 Å². The fraction of sp³-hybridized carbons (Fsp3) is 0.188. The Kier molecular flexibility index (Phi) is 6.27. The van der Waals surface area contributed by atoms with Crippen molar-refractivity contribution in [1.29, 1.82) is 0 Å². The van der Waals surface area contributed by atoms with Gasteiger partial charge in [-0.1, -0.05) is 24.3 Å². The number of ether oxygens (including phenoxy) is 1. The summed E-state index contributed by atoms with van der Waals surface area (Å²) in [6.07, 6.45) is 5.13. The van der Waals surface area contributed by atoms with Crippen LogP contribution in [0.2, 0.25) is 0 Å². The van der Waals surface area contributed by atoms with Crippen molar-refractivity contribution >= 4 is 16.8 Å². The van der Waals surface area contributed by atoms with Gasteiger partial charge in [0, 0.05) is 48.4 Å². The van der Waals surface area contributed by atoms with Gasteiger partial charge in [0.15, 0.2) is 17.0 Å². The molecule has 0 fully saturated rings. The summed E-state index contributed by atoms with van der Waals surface area (Å²) in [4.78, 5) is 36.0. The van der Waals surface area contributed by atoms with Crippen LogP contribution in [0.5, 0.6) is 11.5 Å². The van der Waals surface area contributed by atoms with E-state index in [4.69, 9.17) is 4.74 Å². The maximum absolute atomic E-state index is 13.5. The highest BCUT2D eigenvalue weighted by Crippen LogP contribution is 2.29. The van der Waals surface area contributed by atoms with Crippen LogP contribution >= 0.6 is 0 Å². The molecule has 6 rings (SSSR count). The van der Waals surface area contributed by atoms with Crippen LogP contribution < -0.4 is 10.2 Å². The van der Waals surface area contributed by atoms with Gasteiger partial charge >= 0.3 is 0 Å². The van der Waals surface area contributed by atoms with Gasteiger partial charge in [-0.15, -0.1) is 0 Å². The van der Waals surface area contributed by atoms with Crippen LogP contribution in [0.1, 0.15) is 39.3 Å². The van der Waals surface area contributed by atoms with Gasteiger partial charge in [-0.3, -0.25) is 14.6 Å². The molecule has 5 aromatic rings. The van der Waals surface area contributed by atoms with Crippen molar-refractivity contribution in [2.75, 3.05) is 0 Å². The Morgan fingerprint density at radius 3 is 2.59 bits per heavy atom. The molecule has 0 N–H and O–H groups in total. The Hall–Kier alpha value is -4.65. The lowest BCUT2D eigenvalue weighted by Gasteiger charge is -2.13. The molecule has 3 aromatic heterocycles. The lowest BCUT2D eigenvalue weighted by atomic mass is 9.96. The Balaban J connectivity index is 1.26. The monoisotopic (exact) mass is 519 g/mol.